The van der Waals surface area contributed by atoms with E-state index in [1.165, 1.54) is 0 Å². The first kappa shape index (κ1) is 23.4. The van der Waals surface area contributed by atoms with E-state index >= 15 is 0 Å². The van der Waals surface area contributed by atoms with Crippen LogP contribution in [0.4, 0.5) is 0 Å². The monoisotopic (exact) mass is 506 g/mol. The SMILES string of the molecule is CCNC(=NCCc1ccc(O)c(OC)c1)N(C)Cc1cc(Cl)cn1C.I. The lowest BCUT2D eigenvalue weighted by molar-refractivity contribution is 0.373. The highest BCUT2D eigenvalue weighted by Gasteiger charge is 2.10. The zero-order chi connectivity index (χ0) is 19.1. The summed E-state index contributed by atoms with van der Waals surface area (Å²) in [5.41, 5.74) is 2.18. The molecular formula is C19H28ClIN4O2. The van der Waals surface area contributed by atoms with Gasteiger partial charge in [-0.05, 0) is 37.1 Å². The van der Waals surface area contributed by atoms with E-state index in [4.69, 9.17) is 21.3 Å². The summed E-state index contributed by atoms with van der Waals surface area (Å²) in [6.07, 6.45) is 2.66. The molecule has 2 rings (SSSR count). The van der Waals surface area contributed by atoms with Crippen LogP contribution >= 0.6 is 35.6 Å². The molecule has 1 aromatic carbocycles. The summed E-state index contributed by atoms with van der Waals surface area (Å²) in [5, 5.41) is 13.7. The van der Waals surface area contributed by atoms with Crippen LogP contribution in [0.1, 0.15) is 18.2 Å². The Balaban J connectivity index is 0.00000364. The predicted octanol–water partition coefficient (Wildman–Crippen LogP) is 3.65. The molecule has 1 heterocycles. The first-order chi connectivity index (χ1) is 12.4. The molecule has 0 aliphatic carbocycles. The molecule has 0 radical (unpaired) electrons. The van der Waals surface area contributed by atoms with Gasteiger partial charge in [-0.25, -0.2) is 0 Å². The fraction of sp³-hybridized carbons (Fsp3) is 0.421. The number of aromatic nitrogens is 1. The molecule has 8 heteroatoms. The second kappa shape index (κ2) is 11.3. The molecule has 1 aromatic heterocycles. The van der Waals surface area contributed by atoms with Crippen molar-refractivity contribution in [2.45, 2.75) is 19.9 Å². The number of hydrogen-bond donors (Lipinski definition) is 2. The van der Waals surface area contributed by atoms with Gasteiger partial charge in [0.05, 0.1) is 18.7 Å². The Bertz CT molecular complexity index is 764. The number of aliphatic imine (C=N–C) groups is 1. The number of guanidine groups is 1. The summed E-state index contributed by atoms with van der Waals surface area (Å²) in [5.74, 6) is 1.47. The van der Waals surface area contributed by atoms with Gasteiger partial charge in [-0.1, -0.05) is 17.7 Å². The number of methoxy groups -OCH3 is 1. The average Bonchev–Trinajstić information content (AvgIpc) is 2.92. The smallest absolute Gasteiger partial charge is 0.194 e. The van der Waals surface area contributed by atoms with Crippen LogP contribution in [0.25, 0.3) is 0 Å². The minimum Gasteiger partial charge on any atom is -0.504 e. The molecule has 0 atom stereocenters. The van der Waals surface area contributed by atoms with Crippen molar-refractivity contribution >= 4 is 41.5 Å². The molecule has 6 nitrogen and oxygen atoms in total. The van der Waals surface area contributed by atoms with Crippen molar-refractivity contribution < 1.29 is 9.84 Å². The topological polar surface area (TPSA) is 62.0 Å². The predicted molar refractivity (Wildman–Crippen MR) is 122 cm³/mol. The zero-order valence-corrected chi connectivity index (χ0v) is 19.3. The van der Waals surface area contributed by atoms with Crippen molar-refractivity contribution in [3.63, 3.8) is 0 Å². The Kier molecular flexibility index (Phi) is 9.79. The van der Waals surface area contributed by atoms with Crippen molar-refractivity contribution in [1.29, 1.82) is 0 Å². The molecule has 2 aromatic rings. The Labute approximate surface area is 183 Å². The molecule has 0 aliphatic heterocycles. The molecule has 0 amide bonds. The molecule has 150 valence electrons. The minimum atomic E-state index is 0. The van der Waals surface area contributed by atoms with E-state index in [-0.39, 0.29) is 29.7 Å². The van der Waals surface area contributed by atoms with Crippen LogP contribution < -0.4 is 10.1 Å². The third-order valence-corrected chi connectivity index (χ3v) is 4.28. The van der Waals surface area contributed by atoms with E-state index in [1.807, 2.05) is 50.0 Å². The van der Waals surface area contributed by atoms with Gasteiger partial charge in [0, 0.05) is 39.1 Å². The van der Waals surface area contributed by atoms with Crippen molar-refractivity contribution in [3.05, 3.63) is 46.7 Å². The van der Waals surface area contributed by atoms with Gasteiger partial charge in [0.25, 0.3) is 0 Å². The first-order valence-electron chi connectivity index (χ1n) is 8.60. The quantitative estimate of drug-likeness (QED) is 0.342. The molecule has 0 bridgehead atoms. The van der Waals surface area contributed by atoms with Gasteiger partial charge in [0.15, 0.2) is 17.5 Å². The van der Waals surface area contributed by atoms with Crippen LogP contribution in [-0.2, 0) is 20.0 Å². The van der Waals surface area contributed by atoms with Gasteiger partial charge in [-0.2, -0.15) is 0 Å². The third-order valence-electron chi connectivity index (χ3n) is 4.08. The number of hydrogen-bond acceptors (Lipinski definition) is 3. The van der Waals surface area contributed by atoms with Gasteiger partial charge in [0.1, 0.15) is 0 Å². The normalized spacial score (nSPS) is 11.1. The maximum Gasteiger partial charge on any atom is 0.194 e. The number of halogens is 2. The van der Waals surface area contributed by atoms with Crippen molar-refractivity contribution in [2.75, 3.05) is 27.2 Å². The Hall–Kier alpha value is -1.61. The van der Waals surface area contributed by atoms with E-state index in [0.717, 1.165) is 35.2 Å². The fourth-order valence-electron chi connectivity index (χ4n) is 2.68. The minimum absolute atomic E-state index is 0. The van der Waals surface area contributed by atoms with Crippen LogP contribution in [-0.4, -0.2) is 47.8 Å². The second-order valence-electron chi connectivity index (χ2n) is 6.11. The molecule has 27 heavy (non-hydrogen) atoms. The number of nitrogens with one attached hydrogen (secondary N) is 1. The molecule has 0 aliphatic rings. The van der Waals surface area contributed by atoms with E-state index in [2.05, 4.69) is 10.2 Å². The number of nitrogens with zero attached hydrogens (tertiary/aromatic N) is 3. The highest BCUT2D eigenvalue weighted by atomic mass is 127. The lowest BCUT2D eigenvalue weighted by atomic mass is 10.1. The maximum absolute atomic E-state index is 9.68. The number of ether oxygens (including phenoxy) is 1. The molecule has 0 fully saturated rings. The Morgan fingerprint density at radius 3 is 2.70 bits per heavy atom. The highest BCUT2D eigenvalue weighted by Crippen LogP contribution is 2.26. The second-order valence-corrected chi connectivity index (χ2v) is 6.54. The Morgan fingerprint density at radius 2 is 2.11 bits per heavy atom. The first-order valence-corrected chi connectivity index (χ1v) is 8.98. The zero-order valence-electron chi connectivity index (χ0n) is 16.2. The molecule has 0 unspecified atom stereocenters. The Morgan fingerprint density at radius 1 is 1.37 bits per heavy atom. The summed E-state index contributed by atoms with van der Waals surface area (Å²) in [6, 6.07) is 7.34. The van der Waals surface area contributed by atoms with E-state index in [1.54, 1.807) is 13.2 Å². The number of benzene rings is 1. The molecule has 0 saturated carbocycles. The van der Waals surface area contributed by atoms with Crippen LogP contribution in [0.15, 0.2) is 35.5 Å². The summed E-state index contributed by atoms with van der Waals surface area (Å²) in [6.45, 7) is 4.19. The number of aromatic hydroxyl groups is 1. The van der Waals surface area contributed by atoms with Crippen LogP contribution in [0.5, 0.6) is 11.5 Å². The summed E-state index contributed by atoms with van der Waals surface area (Å²) < 4.78 is 7.17. The number of rotatable bonds is 7. The lowest BCUT2D eigenvalue weighted by Crippen LogP contribution is -2.39. The molecule has 0 spiro atoms. The number of phenols is 1. The maximum atomic E-state index is 9.68. The van der Waals surface area contributed by atoms with E-state index in [0.29, 0.717) is 18.8 Å². The van der Waals surface area contributed by atoms with Crippen LogP contribution in [0.2, 0.25) is 5.02 Å². The van der Waals surface area contributed by atoms with Gasteiger partial charge >= 0.3 is 0 Å². The van der Waals surface area contributed by atoms with Crippen molar-refractivity contribution in [3.8, 4) is 11.5 Å². The molecule has 2 N–H and O–H groups in total. The third kappa shape index (κ3) is 6.80. The summed E-state index contributed by atoms with van der Waals surface area (Å²) in [4.78, 5) is 6.78. The number of phenolic OH excluding ortho intramolecular Hbond substituents is 1. The van der Waals surface area contributed by atoms with Crippen molar-refractivity contribution in [1.82, 2.24) is 14.8 Å². The number of aryl methyl sites for hydroxylation is 1. The molecule has 0 saturated heterocycles. The van der Waals surface area contributed by atoms with Gasteiger partial charge < -0.3 is 24.6 Å². The average molecular weight is 507 g/mol. The molecular weight excluding hydrogens is 479 g/mol. The van der Waals surface area contributed by atoms with E-state index < -0.39 is 0 Å². The van der Waals surface area contributed by atoms with Gasteiger partial charge in [-0.3, -0.25) is 4.99 Å². The highest BCUT2D eigenvalue weighted by molar-refractivity contribution is 14.0. The van der Waals surface area contributed by atoms with Crippen LogP contribution in [0, 0.1) is 0 Å². The fourth-order valence-corrected chi connectivity index (χ4v) is 2.95. The summed E-state index contributed by atoms with van der Waals surface area (Å²) in [7, 11) is 5.54. The lowest BCUT2D eigenvalue weighted by Gasteiger charge is -2.22. The van der Waals surface area contributed by atoms with E-state index in [9.17, 15) is 5.11 Å². The van der Waals surface area contributed by atoms with Crippen molar-refractivity contribution in [2.24, 2.45) is 12.0 Å². The standard InChI is InChI=1S/C19H27ClN4O2.HI/c1-5-21-19(24(3)13-16-11-15(20)12-23(16)2)22-9-8-14-6-7-17(25)18(10-14)26-4;/h6-7,10-12,25H,5,8-9,13H2,1-4H3,(H,21,22);1H. The van der Waals surface area contributed by atoms with Gasteiger partial charge in [-0.15, -0.1) is 24.0 Å². The van der Waals surface area contributed by atoms with Gasteiger partial charge in [0.2, 0.25) is 0 Å². The summed E-state index contributed by atoms with van der Waals surface area (Å²) >= 11 is 6.06. The van der Waals surface area contributed by atoms with Crippen LogP contribution in [0.3, 0.4) is 0 Å². The largest absolute Gasteiger partial charge is 0.504 e.